The van der Waals surface area contributed by atoms with Crippen LogP contribution in [0.3, 0.4) is 0 Å². The van der Waals surface area contributed by atoms with Gasteiger partial charge in [0, 0.05) is 0 Å². The van der Waals surface area contributed by atoms with E-state index in [1.807, 2.05) is 0 Å². The van der Waals surface area contributed by atoms with Gasteiger partial charge in [0.25, 0.3) is 0 Å². The number of hydrogen-bond donors (Lipinski definition) is 1. The van der Waals surface area contributed by atoms with E-state index in [1.165, 1.54) is 30.2 Å². The Hall–Kier alpha value is 0.750. The van der Waals surface area contributed by atoms with E-state index in [1.54, 1.807) is 0 Å². The Morgan fingerprint density at radius 1 is 1.25 bits per heavy atom. The van der Waals surface area contributed by atoms with Crippen LogP contribution in [0.25, 0.3) is 0 Å². The second-order valence-corrected chi connectivity index (χ2v) is 7.67. The normalized spacial score (nSPS) is 13.2. The molecule has 0 aliphatic carbocycles. The summed E-state index contributed by atoms with van der Waals surface area (Å²) in [5.74, 6) is 0. The zero-order valence-electron chi connectivity index (χ0n) is 8.38. The summed E-state index contributed by atoms with van der Waals surface area (Å²) >= 11 is 0.289. The quantitative estimate of drug-likeness (QED) is 0.537. The van der Waals surface area contributed by atoms with Crippen molar-refractivity contribution in [3.8, 4) is 0 Å². The molecule has 1 unspecified atom stereocenters. The first-order valence-corrected chi connectivity index (χ1v) is 8.03. The van der Waals surface area contributed by atoms with Crippen molar-refractivity contribution in [2.45, 2.75) is 54.4 Å². The summed E-state index contributed by atoms with van der Waals surface area (Å²) in [6, 6.07) is 0. The molecule has 0 aromatic rings. The topological polar surface area (TPSA) is 20.2 Å². The van der Waals surface area contributed by atoms with Gasteiger partial charge in [-0.2, -0.15) is 0 Å². The van der Waals surface area contributed by atoms with E-state index in [4.69, 9.17) is 5.11 Å². The van der Waals surface area contributed by atoms with Gasteiger partial charge >= 0.3 is 87.0 Å². The Bertz CT molecular complexity index is 75.9. The van der Waals surface area contributed by atoms with Crippen LogP contribution in [0.4, 0.5) is 0 Å². The average molecular weight is 286 g/mol. The van der Waals surface area contributed by atoms with E-state index in [-0.39, 0.29) is 20.9 Å². The van der Waals surface area contributed by atoms with Gasteiger partial charge in [0.05, 0.1) is 0 Å². The van der Waals surface area contributed by atoms with Crippen LogP contribution in [0.1, 0.15) is 46.0 Å². The molecule has 1 nitrogen and oxygen atoms in total. The van der Waals surface area contributed by atoms with E-state index < -0.39 is 0 Å². The van der Waals surface area contributed by atoms with Gasteiger partial charge in [0.15, 0.2) is 0 Å². The Labute approximate surface area is 87.0 Å². The van der Waals surface area contributed by atoms with Crippen LogP contribution >= 0.6 is 0 Å². The standard InChI is InChI=1S/C10H22OTe/c1-3-4-9-12-10(2)7-5-6-8-11/h10-11H,3-9H2,1-2H3. The van der Waals surface area contributed by atoms with Crippen molar-refractivity contribution in [2.24, 2.45) is 0 Å². The van der Waals surface area contributed by atoms with Gasteiger partial charge < -0.3 is 0 Å². The van der Waals surface area contributed by atoms with Gasteiger partial charge in [-0.25, -0.2) is 0 Å². The molecule has 0 heterocycles. The van der Waals surface area contributed by atoms with Crippen molar-refractivity contribution < 1.29 is 5.11 Å². The Morgan fingerprint density at radius 3 is 2.58 bits per heavy atom. The minimum atomic E-state index is 0.289. The predicted octanol–water partition coefficient (Wildman–Crippen LogP) is 2.88. The van der Waals surface area contributed by atoms with E-state index in [9.17, 15) is 0 Å². The summed E-state index contributed by atoms with van der Waals surface area (Å²) in [5, 5.41) is 8.60. The predicted molar refractivity (Wildman–Crippen MR) is 55.8 cm³/mol. The Morgan fingerprint density at radius 2 is 2.00 bits per heavy atom. The van der Waals surface area contributed by atoms with Gasteiger partial charge in [-0.05, 0) is 0 Å². The summed E-state index contributed by atoms with van der Waals surface area (Å²) in [7, 11) is 0. The van der Waals surface area contributed by atoms with E-state index in [0.717, 1.165) is 10.4 Å². The fourth-order valence-electron chi connectivity index (χ4n) is 1.06. The van der Waals surface area contributed by atoms with Crippen molar-refractivity contribution in [1.82, 2.24) is 0 Å². The molecule has 1 N–H and O–H groups in total. The summed E-state index contributed by atoms with van der Waals surface area (Å²) in [6.07, 6.45) is 6.38. The van der Waals surface area contributed by atoms with Crippen LogP contribution in [0.15, 0.2) is 0 Å². The number of rotatable bonds is 8. The third-order valence-corrected chi connectivity index (χ3v) is 5.71. The van der Waals surface area contributed by atoms with Crippen molar-refractivity contribution in [2.75, 3.05) is 6.61 Å². The second-order valence-electron chi connectivity index (χ2n) is 3.25. The van der Waals surface area contributed by atoms with Crippen LogP contribution < -0.4 is 0 Å². The maximum atomic E-state index is 8.60. The van der Waals surface area contributed by atoms with Crippen LogP contribution in [-0.2, 0) is 0 Å². The SMILES string of the molecule is CCCC[Te]C(C)CCCCO. The zero-order chi connectivity index (χ0) is 9.23. The molecule has 0 saturated heterocycles. The van der Waals surface area contributed by atoms with Gasteiger partial charge in [-0.3, -0.25) is 0 Å². The van der Waals surface area contributed by atoms with Gasteiger partial charge in [0.1, 0.15) is 0 Å². The minimum absolute atomic E-state index is 0.289. The van der Waals surface area contributed by atoms with E-state index in [0.29, 0.717) is 6.61 Å². The fourth-order valence-corrected chi connectivity index (χ4v) is 4.46. The maximum absolute atomic E-state index is 8.60. The molecule has 0 aliphatic heterocycles. The van der Waals surface area contributed by atoms with Crippen molar-refractivity contribution in [3.05, 3.63) is 0 Å². The molecule has 0 aromatic carbocycles. The van der Waals surface area contributed by atoms with Crippen molar-refractivity contribution in [3.63, 3.8) is 0 Å². The molecule has 0 bridgehead atoms. The molecule has 0 amide bonds. The number of aliphatic hydroxyl groups excluding tert-OH is 1. The molecule has 0 saturated carbocycles. The number of unbranched alkanes of at least 4 members (excludes halogenated alkanes) is 2. The molecule has 0 aliphatic rings. The third kappa shape index (κ3) is 8.84. The van der Waals surface area contributed by atoms with Crippen LogP contribution in [0, 0.1) is 0 Å². The number of aliphatic hydroxyl groups is 1. The van der Waals surface area contributed by atoms with E-state index >= 15 is 0 Å². The van der Waals surface area contributed by atoms with Crippen molar-refractivity contribution >= 4 is 20.9 Å². The first-order chi connectivity index (χ1) is 5.81. The molecule has 1 atom stereocenters. The average Bonchev–Trinajstić information content (AvgIpc) is 2.06. The molecule has 0 spiro atoms. The molecule has 0 rings (SSSR count). The van der Waals surface area contributed by atoms with Gasteiger partial charge in [-0.1, -0.05) is 0 Å². The number of hydrogen-bond acceptors (Lipinski definition) is 1. The van der Waals surface area contributed by atoms with Crippen molar-refractivity contribution in [1.29, 1.82) is 0 Å². The third-order valence-electron chi connectivity index (χ3n) is 1.92. The Kier molecular flexibility index (Phi) is 10.4. The monoisotopic (exact) mass is 288 g/mol. The molecule has 0 aromatic heterocycles. The molecule has 0 radical (unpaired) electrons. The fraction of sp³-hybridized carbons (Fsp3) is 1.00. The molecular weight excluding hydrogens is 264 g/mol. The first kappa shape index (κ1) is 12.7. The summed E-state index contributed by atoms with van der Waals surface area (Å²) in [4.78, 5) is 0. The van der Waals surface area contributed by atoms with Crippen LogP contribution in [0.2, 0.25) is 8.43 Å². The zero-order valence-corrected chi connectivity index (χ0v) is 10.7. The molecule has 0 fully saturated rings. The molecular formula is C10H22OTe. The van der Waals surface area contributed by atoms with E-state index in [2.05, 4.69) is 13.8 Å². The van der Waals surface area contributed by atoms with Gasteiger partial charge in [-0.15, -0.1) is 0 Å². The van der Waals surface area contributed by atoms with Gasteiger partial charge in [0.2, 0.25) is 0 Å². The molecule has 74 valence electrons. The molecule has 12 heavy (non-hydrogen) atoms. The summed E-state index contributed by atoms with van der Waals surface area (Å²) in [6.45, 7) is 5.03. The first-order valence-electron chi connectivity index (χ1n) is 5.03. The Balaban J connectivity index is 3.04. The summed E-state index contributed by atoms with van der Waals surface area (Å²) in [5.41, 5.74) is 0. The summed E-state index contributed by atoms with van der Waals surface area (Å²) < 4.78 is 2.51. The van der Waals surface area contributed by atoms with Crippen LogP contribution in [-0.4, -0.2) is 32.6 Å². The molecule has 2 heteroatoms. The second kappa shape index (κ2) is 9.83. The van der Waals surface area contributed by atoms with Crippen LogP contribution in [0.5, 0.6) is 0 Å².